The maximum absolute atomic E-state index is 12.9. The quantitative estimate of drug-likeness (QED) is 0.515. The van der Waals surface area contributed by atoms with Gasteiger partial charge in [0.2, 0.25) is 15.9 Å². The van der Waals surface area contributed by atoms with Crippen LogP contribution in [0.15, 0.2) is 47.4 Å². The van der Waals surface area contributed by atoms with E-state index in [1.54, 1.807) is 18.2 Å². The number of fused-ring (bicyclic) bond motifs is 1. The SMILES string of the molecule is CCCCOCCCNC(=O)[C@H](NS(=O)(=O)c1ccc2ccccc2c1)C(C)C. The minimum atomic E-state index is -3.82. The van der Waals surface area contributed by atoms with Gasteiger partial charge in [0, 0.05) is 19.8 Å². The molecule has 0 saturated heterocycles. The summed E-state index contributed by atoms with van der Waals surface area (Å²) in [5, 5.41) is 4.61. The zero-order chi connectivity index (χ0) is 21.3. The van der Waals surface area contributed by atoms with Gasteiger partial charge in [-0.05, 0) is 41.7 Å². The lowest BCUT2D eigenvalue weighted by molar-refractivity contribution is -0.123. The number of hydrogen-bond acceptors (Lipinski definition) is 4. The summed E-state index contributed by atoms with van der Waals surface area (Å²) >= 11 is 0. The van der Waals surface area contributed by atoms with Gasteiger partial charge in [0.1, 0.15) is 6.04 Å². The lowest BCUT2D eigenvalue weighted by Gasteiger charge is -2.22. The van der Waals surface area contributed by atoms with Crippen LogP contribution >= 0.6 is 0 Å². The summed E-state index contributed by atoms with van der Waals surface area (Å²) in [6, 6.07) is 11.7. The lowest BCUT2D eigenvalue weighted by atomic mass is 10.1. The molecule has 2 aromatic carbocycles. The molecule has 0 saturated carbocycles. The van der Waals surface area contributed by atoms with Crippen molar-refractivity contribution >= 4 is 26.7 Å². The van der Waals surface area contributed by atoms with Crippen molar-refractivity contribution in [2.45, 2.75) is 51.0 Å². The predicted octanol–water partition coefficient (Wildman–Crippen LogP) is 3.47. The van der Waals surface area contributed by atoms with Crippen LogP contribution in [0.25, 0.3) is 10.8 Å². The molecular formula is C22H32N2O4S. The Bertz CT molecular complexity index is 897. The van der Waals surface area contributed by atoms with Gasteiger partial charge in [-0.15, -0.1) is 0 Å². The van der Waals surface area contributed by atoms with Crippen molar-refractivity contribution in [2.75, 3.05) is 19.8 Å². The summed E-state index contributed by atoms with van der Waals surface area (Å²) in [5.41, 5.74) is 0. The highest BCUT2D eigenvalue weighted by Crippen LogP contribution is 2.19. The molecule has 0 heterocycles. The van der Waals surface area contributed by atoms with E-state index in [1.807, 2.05) is 38.1 Å². The van der Waals surface area contributed by atoms with Crippen LogP contribution in [0.5, 0.6) is 0 Å². The zero-order valence-corrected chi connectivity index (χ0v) is 18.3. The van der Waals surface area contributed by atoms with E-state index >= 15 is 0 Å². The molecule has 0 aliphatic rings. The number of amides is 1. The third-order valence-electron chi connectivity index (χ3n) is 4.67. The Hall–Kier alpha value is -1.96. The van der Waals surface area contributed by atoms with Gasteiger partial charge in [0.25, 0.3) is 0 Å². The number of hydrogen-bond donors (Lipinski definition) is 2. The number of rotatable bonds is 12. The topological polar surface area (TPSA) is 84.5 Å². The normalized spacial score (nSPS) is 13.0. The first-order chi connectivity index (χ1) is 13.8. The number of nitrogens with one attached hydrogen (secondary N) is 2. The lowest BCUT2D eigenvalue weighted by Crippen LogP contribution is -2.49. The van der Waals surface area contributed by atoms with Crippen molar-refractivity contribution < 1.29 is 17.9 Å². The summed E-state index contributed by atoms with van der Waals surface area (Å²) < 4.78 is 33.8. The molecule has 160 valence electrons. The molecule has 0 radical (unpaired) electrons. The van der Waals surface area contributed by atoms with Crippen molar-refractivity contribution in [3.8, 4) is 0 Å². The van der Waals surface area contributed by atoms with E-state index in [-0.39, 0.29) is 16.7 Å². The average molecular weight is 421 g/mol. The summed E-state index contributed by atoms with van der Waals surface area (Å²) in [5.74, 6) is -0.510. The first-order valence-electron chi connectivity index (χ1n) is 10.2. The summed E-state index contributed by atoms with van der Waals surface area (Å²) in [6.45, 7) is 7.50. The smallest absolute Gasteiger partial charge is 0.241 e. The van der Waals surface area contributed by atoms with Gasteiger partial charge in [-0.2, -0.15) is 4.72 Å². The molecule has 0 spiro atoms. The Morgan fingerprint density at radius 1 is 1.03 bits per heavy atom. The average Bonchev–Trinajstić information content (AvgIpc) is 2.70. The molecule has 6 nitrogen and oxygen atoms in total. The number of benzene rings is 2. The highest BCUT2D eigenvalue weighted by atomic mass is 32.2. The van der Waals surface area contributed by atoms with E-state index in [4.69, 9.17) is 4.74 Å². The molecule has 1 atom stereocenters. The molecule has 2 N–H and O–H groups in total. The van der Waals surface area contributed by atoms with Crippen LogP contribution in [0.1, 0.15) is 40.0 Å². The van der Waals surface area contributed by atoms with Crippen LogP contribution in [0, 0.1) is 5.92 Å². The Morgan fingerprint density at radius 2 is 1.72 bits per heavy atom. The van der Waals surface area contributed by atoms with Gasteiger partial charge in [-0.25, -0.2) is 8.42 Å². The maximum Gasteiger partial charge on any atom is 0.241 e. The van der Waals surface area contributed by atoms with E-state index in [1.165, 1.54) is 0 Å². The van der Waals surface area contributed by atoms with E-state index in [0.717, 1.165) is 30.2 Å². The molecule has 29 heavy (non-hydrogen) atoms. The molecule has 0 unspecified atom stereocenters. The minimum Gasteiger partial charge on any atom is -0.381 e. The highest BCUT2D eigenvalue weighted by Gasteiger charge is 2.28. The van der Waals surface area contributed by atoms with E-state index in [2.05, 4.69) is 17.0 Å². The molecule has 1 amide bonds. The van der Waals surface area contributed by atoms with Crippen LogP contribution in [0.3, 0.4) is 0 Å². The minimum absolute atomic E-state index is 0.152. The van der Waals surface area contributed by atoms with E-state index in [9.17, 15) is 13.2 Å². The van der Waals surface area contributed by atoms with Crippen LogP contribution in [0.2, 0.25) is 0 Å². The number of carbonyl (C=O) groups is 1. The van der Waals surface area contributed by atoms with E-state index in [0.29, 0.717) is 19.6 Å². The van der Waals surface area contributed by atoms with Crippen molar-refractivity contribution in [3.05, 3.63) is 42.5 Å². The van der Waals surface area contributed by atoms with Crippen LogP contribution < -0.4 is 10.0 Å². The summed E-state index contributed by atoms with van der Waals surface area (Å²) in [6.07, 6.45) is 2.81. The standard InChI is InChI=1S/C22H32N2O4S/c1-4-5-14-28-15-8-13-23-22(25)21(17(2)3)24-29(26,27)20-12-11-18-9-6-7-10-19(18)16-20/h6-7,9-12,16-17,21,24H,4-5,8,13-15H2,1-3H3,(H,23,25)/t21-/m1/s1. The van der Waals surface area contributed by atoms with Crippen molar-refractivity contribution in [1.82, 2.24) is 10.0 Å². The number of sulfonamides is 1. The number of unbranched alkanes of at least 4 members (excludes halogenated alkanes) is 1. The Labute approximate surface area is 174 Å². The molecule has 0 fully saturated rings. The van der Waals surface area contributed by atoms with Crippen molar-refractivity contribution in [1.29, 1.82) is 0 Å². The van der Waals surface area contributed by atoms with Crippen molar-refractivity contribution in [2.24, 2.45) is 5.92 Å². The van der Waals surface area contributed by atoms with Crippen molar-refractivity contribution in [3.63, 3.8) is 0 Å². The fraction of sp³-hybridized carbons (Fsp3) is 0.500. The number of carbonyl (C=O) groups excluding carboxylic acids is 1. The summed E-state index contributed by atoms with van der Waals surface area (Å²) in [7, 11) is -3.82. The van der Waals surface area contributed by atoms with Crippen LogP contribution in [-0.2, 0) is 19.6 Å². The van der Waals surface area contributed by atoms with Gasteiger partial charge in [-0.1, -0.05) is 57.5 Å². The Kier molecular flexibility index (Phi) is 9.07. The Balaban J connectivity index is 1.97. The molecule has 2 rings (SSSR count). The third-order valence-corrected chi connectivity index (χ3v) is 6.11. The van der Waals surface area contributed by atoms with Gasteiger partial charge in [0.15, 0.2) is 0 Å². The second-order valence-electron chi connectivity index (χ2n) is 7.46. The van der Waals surface area contributed by atoms with Crippen LogP contribution in [-0.4, -0.2) is 40.1 Å². The van der Waals surface area contributed by atoms with E-state index < -0.39 is 16.1 Å². The fourth-order valence-electron chi connectivity index (χ4n) is 2.91. The first kappa shape index (κ1) is 23.3. The highest BCUT2D eigenvalue weighted by molar-refractivity contribution is 7.89. The van der Waals surface area contributed by atoms with Gasteiger partial charge in [-0.3, -0.25) is 4.79 Å². The second kappa shape index (κ2) is 11.3. The van der Waals surface area contributed by atoms with Crippen LogP contribution in [0.4, 0.5) is 0 Å². The molecule has 0 aromatic heterocycles. The molecule has 7 heteroatoms. The monoisotopic (exact) mass is 420 g/mol. The fourth-order valence-corrected chi connectivity index (χ4v) is 4.29. The maximum atomic E-state index is 12.9. The Morgan fingerprint density at radius 3 is 2.41 bits per heavy atom. The summed E-state index contributed by atoms with van der Waals surface area (Å²) in [4.78, 5) is 12.7. The molecule has 2 aromatic rings. The third kappa shape index (κ3) is 7.10. The number of ether oxygens (including phenoxy) is 1. The molecule has 0 aliphatic heterocycles. The van der Waals surface area contributed by atoms with Gasteiger partial charge >= 0.3 is 0 Å². The molecule has 0 aliphatic carbocycles. The van der Waals surface area contributed by atoms with Gasteiger partial charge < -0.3 is 10.1 Å². The largest absolute Gasteiger partial charge is 0.381 e. The second-order valence-corrected chi connectivity index (χ2v) is 9.18. The molecule has 0 bridgehead atoms. The predicted molar refractivity (Wildman–Crippen MR) is 116 cm³/mol. The van der Waals surface area contributed by atoms with Gasteiger partial charge in [0.05, 0.1) is 4.90 Å². The molecular weight excluding hydrogens is 388 g/mol. The zero-order valence-electron chi connectivity index (χ0n) is 17.5. The first-order valence-corrected chi connectivity index (χ1v) is 11.7.